The first-order valence-corrected chi connectivity index (χ1v) is 6.52. The molecule has 0 saturated carbocycles. The zero-order valence-electron chi connectivity index (χ0n) is 10.6. The zero-order valence-corrected chi connectivity index (χ0v) is 11.3. The van der Waals surface area contributed by atoms with E-state index in [0.717, 1.165) is 24.5 Å². The highest BCUT2D eigenvalue weighted by Gasteiger charge is 2.28. The van der Waals surface area contributed by atoms with Crippen molar-refractivity contribution < 1.29 is 4.74 Å². The van der Waals surface area contributed by atoms with Gasteiger partial charge in [-0.2, -0.15) is 0 Å². The van der Waals surface area contributed by atoms with Gasteiger partial charge in [-0.15, -0.1) is 0 Å². The molecule has 0 spiro atoms. The Kier molecular flexibility index (Phi) is 3.36. The van der Waals surface area contributed by atoms with Crippen molar-refractivity contribution in [2.75, 3.05) is 25.1 Å². The molecule has 98 valence electrons. The quantitative estimate of drug-likeness (QED) is 0.807. The second-order valence-electron chi connectivity index (χ2n) is 4.50. The van der Waals surface area contributed by atoms with Crippen LogP contribution in [0.5, 0.6) is 0 Å². The third-order valence-corrected chi connectivity index (χ3v) is 3.41. The first kappa shape index (κ1) is 12.4. The maximum absolute atomic E-state index is 6.09. The van der Waals surface area contributed by atoms with Crippen LogP contribution < -0.4 is 4.90 Å². The summed E-state index contributed by atoms with van der Waals surface area (Å²) in [4.78, 5) is 11.0. The van der Waals surface area contributed by atoms with Crippen molar-refractivity contribution in [3.8, 4) is 11.4 Å². The van der Waals surface area contributed by atoms with Gasteiger partial charge in [0.25, 0.3) is 0 Å². The van der Waals surface area contributed by atoms with Gasteiger partial charge in [-0.25, -0.2) is 9.97 Å². The van der Waals surface area contributed by atoms with E-state index in [-0.39, 0.29) is 6.10 Å². The Morgan fingerprint density at radius 3 is 2.63 bits per heavy atom. The lowest BCUT2D eigenvalue weighted by Gasteiger charge is -2.39. The number of nitrogens with zero attached hydrogens (tertiary/aromatic N) is 3. The number of anilines is 1. The number of halogens is 1. The Bertz CT molecular complexity index is 570. The number of hydrogen-bond donors (Lipinski definition) is 0. The summed E-state index contributed by atoms with van der Waals surface area (Å²) < 4.78 is 5.26. The van der Waals surface area contributed by atoms with Gasteiger partial charge in [-0.3, -0.25) is 0 Å². The van der Waals surface area contributed by atoms with Crippen molar-refractivity contribution in [1.29, 1.82) is 0 Å². The molecule has 0 amide bonds. The Balaban J connectivity index is 1.89. The van der Waals surface area contributed by atoms with Gasteiger partial charge < -0.3 is 9.64 Å². The molecule has 1 fully saturated rings. The molecule has 3 rings (SSSR count). The van der Waals surface area contributed by atoms with Crippen LogP contribution in [0.25, 0.3) is 11.4 Å². The lowest BCUT2D eigenvalue weighted by molar-refractivity contribution is 0.0783. The van der Waals surface area contributed by atoms with E-state index in [4.69, 9.17) is 16.3 Å². The second-order valence-corrected chi connectivity index (χ2v) is 4.89. The van der Waals surface area contributed by atoms with Gasteiger partial charge in [-0.1, -0.05) is 41.9 Å². The molecule has 0 aliphatic carbocycles. The Morgan fingerprint density at radius 1 is 1.21 bits per heavy atom. The summed E-state index contributed by atoms with van der Waals surface area (Å²) in [5.74, 6) is 1.51. The van der Waals surface area contributed by atoms with E-state index in [0.29, 0.717) is 11.0 Å². The highest BCUT2D eigenvalue weighted by molar-refractivity contribution is 6.29. The summed E-state index contributed by atoms with van der Waals surface area (Å²) in [6.07, 6.45) is 0.286. The molecule has 1 aromatic carbocycles. The van der Waals surface area contributed by atoms with Gasteiger partial charge in [-0.05, 0) is 0 Å². The van der Waals surface area contributed by atoms with Crippen molar-refractivity contribution in [2.24, 2.45) is 0 Å². The zero-order chi connectivity index (χ0) is 13.2. The van der Waals surface area contributed by atoms with Crippen LogP contribution in [0.1, 0.15) is 0 Å². The topological polar surface area (TPSA) is 38.2 Å². The highest BCUT2D eigenvalue weighted by atomic mass is 35.5. The van der Waals surface area contributed by atoms with Gasteiger partial charge in [0, 0.05) is 31.8 Å². The highest BCUT2D eigenvalue weighted by Crippen LogP contribution is 2.25. The van der Waals surface area contributed by atoms with E-state index in [9.17, 15) is 0 Å². The number of aromatic nitrogens is 2. The van der Waals surface area contributed by atoms with Crippen LogP contribution >= 0.6 is 11.6 Å². The van der Waals surface area contributed by atoms with Gasteiger partial charge in [0.15, 0.2) is 5.82 Å². The van der Waals surface area contributed by atoms with E-state index < -0.39 is 0 Å². The molecule has 0 unspecified atom stereocenters. The minimum absolute atomic E-state index is 0.286. The molecule has 0 N–H and O–H groups in total. The van der Waals surface area contributed by atoms with Gasteiger partial charge in [0.2, 0.25) is 0 Å². The van der Waals surface area contributed by atoms with Crippen molar-refractivity contribution in [1.82, 2.24) is 9.97 Å². The SMILES string of the molecule is COC1CN(c2cc(Cl)nc(-c3ccccc3)n2)C1. The van der Waals surface area contributed by atoms with Crippen molar-refractivity contribution in [3.63, 3.8) is 0 Å². The summed E-state index contributed by atoms with van der Waals surface area (Å²) in [6.45, 7) is 1.69. The standard InChI is InChI=1S/C14H14ClN3O/c1-19-11-8-18(9-11)13-7-12(15)16-14(17-13)10-5-3-2-4-6-10/h2-7,11H,8-9H2,1H3. The third-order valence-electron chi connectivity index (χ3n) is 3.22. The average Bonchev–Trinajstić information content (AvgIpc) is 2.38. The molecule has 2 aromatic rings. The van der Waals surface area contributed by atoms with Crippen molar-refractivity contribution in [2.45, 2.75) is 6.10 Å². The number of benzene rings is 1. The Labute approximate surface area is 117 Å². The van der Waals surface area contributed by atoms with Crippen LogP contribution in [0.4, 0.5) is 5.82 Å². The monoisotopic (exact) mass is 275 g/mol. The van der Waals surface area contributed by atoms with Crippen LogP contribution in [0.15, 0.2) is 36.4 Å². The largest absolute Gasteiger partial charge is 0.378 e. The Morgan fingerprint density at radius 2 is 1.95 bits per heavy atom. The van der Waals surface area contributed by atoms with E-state index in [1.807, 2.05) is 30.3 Å². The molecule has 0 bridgehead atoms. The van der Waals surface area contributed by atoms with Gasteiger partial charge in [0.1, 0.15) is 11.0 Å². The maximum Gasteiger partial charge on any atom is 0.163 e. The first-order chi connectivity index (χ1) is 9.26. The van der Waals surface area contributed by atoms with E-state index in [1.165, 1.54) is 0 Å². The first-order valence-electron chi connectivity index (χ1n) is 6.14. The summed E-state index contributed by atoms with van der Waals surface area (Å²) >= 11 is 6.09. The van der Waals surface area contributed by atoms with Crippen LogP contribution in [0, 0.1) is 0 Å². The number of rotatable bonds is 3. The van der Waals surface area contributed by atoms with Crippen molar-refractivity contribution in [3.05, 3.63) is 41.6 Å². The molecule has 5 heteroatoms. The minimum atomic E-state index is 0.286. The molecule has 0 radical (unpaired) electrons. The van der Waals surface area contributed by atoms with Crippen LogP contribution in [-0.2, 0) is 4.74 Å². The average molecular weight is 276 g/mol. The number of hydrogen-bond acceptors (Lipinski definition) is 4. The molecule has 4 nitrogen and oxygen atoms in total. The predicted octanol–water partition coefficient (Wildman–Crippen LogP) is 2.63. The maximum atomic E-state index is 6.09. The summed E-state index contributed by atoms with van der Waals surface area (Å²) in [7, 11) is 1.73. The third kappa shape index (κ3) is 2.55. The molecule has 1 aliphatic heterocycles. The molecule has 1 aliphatic rings. The van der Waals surface area contributed by atoms with E-state index in [1.54, 1.807) is 13.2 Å². The number of methoxy groups -OCH3 is 1. The molecule has 1 aromatic heterocycles. The predicted molar refractivity (Wildman–Crippen MR) is 75.5 cm³/mol. The van der Waals surface area contributed by atoms with Crippen LogP contribution in [-0.4, -0.2) is 36.3 Å². The number of ether oxygens (including phenoxy) is 1. The molecule has 0 atom stereocenters. The summed E-state index contributed by atoms with van der Waals surface area (Å²) in [6, 6.07) is 11.6. The fourth-order valence-electron chi connectivity index (χ4n) is 2.06. The van der Waals surface area contributed by atoms with Crippen LogP contribution in [0.2, 0.25) is 5.15 Å². The fraction of sp³-hybridized carbons (Fsp3) is 0.286. The normalized spacial score (nSPS) is 15.4. The molecule has 19 heavy (non-hydrogen) atoms. The molecular weight excluding hydrogens is 262 g/mol. The molecular formula is C14H14ClN3O. The minimum Gasteiger partial charge on any atom is -0.378 e. The molecule has 2 heterocycles. The van der Waals surface area contributed by atoms with Gasteiger partial charge in [0.05, 0.1) is 6.10 Å². The summed E-state index contributed by atoms with van der Waals surface area (Å²) in [5.41, 5.74) is 0.968. The van der Waals surface area contributed by atoms with E-state index in [2.05, 4.69) is 14.9 Å². The lowest BCUT2D eigenvalue weighted by atomic mass is 10.1. The fourth-order valence-corrected chi connectivity index (χ4v) is 2.24. The lowest BCUT2D eigenvalue weighted by Crippen LogP contribution is -2.52. The van der Waals surface area contributed by atoms with Crippen LogP contribution in [0.3, 0.4) is 0 Å². The Hall–Kier alpha value is -1.65. The van der Waals surface area contributed by atoms with Gasteiger partial charge >= 0.3 is 0 Å². The smallest absolute Gasteiger partial charge is 0.163 e. The van der Waals surface area contributed by atoms with Crippen molar-refractivity contribution >= 4 is 17.4 Å². The summed E-state index contributed by atoms with van der Waals surface area (Å²) in [5, 5.41) is 0.463. The molecule has 1 saturated heterocycles. The van der Waals surface area contributed by atoms with E-state index >= 15 is 0 Å². The second kappa shape index (κ2) is 5.15.